The summed E-state index contributed by atoms with van der Waals surface area (Å²) in [4.78, 5) is 37.8. The van der Waals surface area contributed by atoms with Crippen molar-refractivity contribution in [3.05, 3.63) is 83.3 Å². The first-order valence-electron chi connectivity index (χ1n) is 11.3. The number of carboxylic acid groups (broad SMARTS) is 1. The van der Waals surface area contributed by atoms with Gasteiger partial charge in [-0.15, -0.1) is 0 Å². The van der Waals surface area contributed by atoms with Gasteiger partial charge in [-0.1, -0.05) is 48.5 Å². The van der Waals surface area contributed by atoms with Crippen LogP contribution in [0.4, 0.5) is 4.79 Å². The van der Waals surface area contributed by atoms with Gasteiger partial charge in [0.2, 0.25) is 11.7 Å². The van der Waals surface area contributed by atoms with Crippen LogP contribution in [-0.4, -0.2) is 48.2 Å². The summed E-state index contributed by atoms with van der Waals surface area (Å²) in [7, 11) is 1.60. The van der Waals surface area contributed by atoms with Gasteiger partial charge in [-0.3, -0.25) is 4.79 Å². The van der Waals surface area contributed by atoms with E-state index in [9.17, 15) is 14.4 Å². The van der Waals surface area contributed by atoms with Crippen molar-refractivity contribution in [2.24, 2.45) is 5.41 Å². The fourth-order valence-corrected chi connectivity index (χ4v) is 4.42. The number of carbonyl (C=O) groups excluding carboxylic acids is 2. The molecule has 35 heavy (non-hydrogen) atoms. The molecule has 8 nitrogen and oxygen atoms in total. The first kappa shape index (κ1) is 24.1. The second-order valence-corrected chi connectivity index (χ2v) is 9.30. The number of benzene rings is 2. The van der Waals surface area contributed by atoms with Crippen LogP contribution >= 0.6 is 0 Å². The second kappa shape index (κ2) is 9.66. The van der Waals surface area contributed by atoms with Gasteiger partial charge in [-0.05, 0) is 48.2 Å². The van der Waals surface area contributed by atoms with Crippen LogP contribution in [0.5, 0.6) is 0 Å². The summed E-state index contributed by atoms with van der Waals surface area (Å²) in [5, 5.41) is 11.7. The van der Waals surface area contributed by atoms with Crippen LogP contribution in [0.3, 0.4) is 0 Å². The molecule has 1 heterocycles. The van der Waals surface area contributed by atoms with Crippen molar-refractivity contribution in [1.29, 1.82) is 0 Å². The van der Waals surface area contributed by atoms with Crippen LogP contribution in [0.15, 0.2) is 65.1 Å². The molecule has 0 bridgehead atoms. The van der Waals surface area contributed by atoms with E-state index >= 15 is 0 Å². The molecule has 182 valence electrons. The van der Waals surface area contributed by atoms with Crippen LogP contribution in [0.2, 0.25) is 0 Å². The fraction of sp³-hybridized carbons (Fsp3) is 0.296. The van der Waals surface area contributed by atoms with E-state index in [1.807, 2.05) is 24.3 Å². The van der Waals surface area contributed by atoms with E-state index in [0.717, 1.165) is 22.3 Å². The first-order chi connectivity index (χ1) is 16.7. The Kier molecular flexibility index (Phi) is 6.64. The maximum Gasteiger partial charge on any atom is 0.407 e. The molecule has 2 amide bonds. The van der Waals surface area contributed by atoms with Gasteiger partial charge in [0.25, 0.3) is 0 Å². The monoisotopic (exact) mass is 476 g/mol. The van der Waals surface area contributed by atoms with Crippen LogP contribution in [-0.2, 0) is 16.1 Å². The molecule has 0 saturated heterocycles. The number of nitrogens with zero attached hydrogens (tertiary/aromatic N) is 1. The Morgan fingerprint density at radius 3 is 2.17 bits per heavy atom. The number of nitrogens with one attached hydrogen (secondary N) is 1. The molecule has 0 radical (unpaired) electrons. The molecule has 0 saturated carbocycles. The minimum Gasteiger partial charge on any atom is -0.475 e. The minimum absolute atomic E-state index is 0.0436. The van der Waals surface area contributed by atoms with Gasteiger partial charge < -0.3 is 24.5 Å². The molecule has 0 atom stereocenters. The zero-order valence-corrected chi connectivity index (χ0v) is 19.9. The number of ether oxygens (including phenoxy) is 1. The van der Waals surface area contributed by atoms with Crippen molar-refractivity contribution in [2.75, 3.05) is 20.2 Å². The van der Waals surface area contributed by atoms with Crippen molar-refractivity contribution < 1.29 is 28.6 Å². The SMILES string of the molecule is CN(Cc1ccc(C(=O)O)o1)C(=O)C(C)(C)CNC(=O)OCC1c2ccccc2-c2ccccc21. The van der Waals surface area contributed by atoms with Gasteiger partial charge >= 0.3 is 12.1 Å². The average molecular weight is 477 g/mol. The zero-order chi connectivity index (χ0) is 25.2. The Balaban J connectivity index is 1.31. The lowest BCUT2D eigenvalue weighted by Gasteiger charge is -2.29. The van der Waals surface area contributed by atoms with Gasteiger partial charge in [-0.2, -0.15) is 0 Å². The molecule has 2 aromatic carbocycles. The van der Waals surface area contributed by atoms with E-state index in [1.165, 1.54) is 17.0 Å². The lowest BCUT2D eigenvalue weighted by Crippen LogP contribution is -2.45. The van der Waals surface area contributed by atoms with E-state index in [1.54, 1.807) is 20.9 Å². The van der Waals surface area contributed by atoms with Crippen LogP contribution in [0.1, 0.15) is 47.2 Å². The largest absolute Gasteiger partial charge is 0.475 e. The number of carbonyl (C=O) groups is 3. The number of alkyl carbamates (subject to hydrolysis) is 1. The molecule has 2 N–H and O–H groups in total. The van der Waals surface area contributed by atoms with E-state index in [4.69, 9.17) is 14.3 Å². The summed E-state index contributed by atoms with van der Waals surface area (Å²) >= 11 is 0. The third-order valence-electron chi connectivity index (χ3n) is 6.21. The Labute approximate surface area is 203 Å². The summed E-state index contributed by atoms with van der Waals surface area (Å²) < 4.78 is 10.8. The normalized spacial score (nSPS) is 12.5. The number of amides is 2. The van der Waals surface area contributed by atoms with Crippen LogP contribution < -0.4 is 5.32 Å². The highest BCUT2D eigenvalue weighted by molar-refractivity contribution is 5.84. The highest BCUT2D eigenvalue weighted by Gasteiger charge is 2.33. The number of fused-ring (bicyclic) bond motifs is 3. The Morgan fingerprint density at radius 1 is 1.00 bits per heavy atom. The molecule has 0 aliphatic heterocycles. The van der Waals surface area contributed by atoms with Crippen molar-refractivity contribution in [2.45, 2.75) is 26.3 Å². The molecule has 3 aromatic rings. The lowest BCUT2D eigenvalue weighted by molar-refractivity contribution is -0.139. The smallest absolute Gasteiger partial charge is 0.407 e. The molecule has 0 unspecified atom stereocenters. The predicted molar refractivity (Wildman–Crippen MR) is 129 cm³/mol. The van der Waals surface area contributed by atoms with Crippen molar-refractivity contribution in [1.82, 2.24) is 10.2 Å². The molecule has 0 fully saturated rings. The quantitative estimate of drug-likeness (QED) is 0.495. The summed E-state index contributed by atoms with van der Waals surface area (Å²) in [5.74, 6) is -1.27. The molecule has 0 spiro atoms. The van der Waals surface area contributed by atoms with Crippen molar-refractivity contribution in [3.63, 3.8) is 0 Å². The summed E-state index contributed by atoms with van der Waals surface area (Å²) in [6.07, 6.45) is -0.590. The van der Waals surface area contributed by atoms with E-state index in [2.05, 4.69) is 29.6 Å². The van der Waals surface area contributed by atoms with Gasteiger partial charge in [0.15, 0.2) is 0 Å². The Hall–Kier alpha value is -4.07. The van der Waals surface area contributed by atoms with Crippen molar-refractivity contribution in [3.8, 4) is 11.1 Å². The highest BCUT2D eigenvalue weighted by atomic mass is 16.5. The number of furan rings is 1. The number of rotatable bonds is 8. The molecule has 8 heteroatoms. The van der Waals surface area contributed by atoms with E-state index in [0.29, 0.717) is 5.76 Å². The molecular weight excluding hydrogens is 448 g/mol. The van der Waals surface area contributed by atoms with Crippen LogP contribution in [0, 0.1) is 5.41 Å². The maximum atomic E-state index is 12.9. The molecule has 1 aliphatic carbocycles. The predicted octanol–water partition coefficient (Wildman–Crippen LogP) is 4.50. The summed E-state index contributed by atoms with van der Waals surface area (Å²) in [6.45, 7) is 3.82. The minimum atomic E-state index is -1.17. The molecule has 1 aliphatic rings. The Morgan fingerprint density at radius 2 is 1.60 bits per heavy atom. The number of hydrogen-bond donors (Lipinski definition) is 2. The first-order valence-corrected chi connectivity index (χ1v) is 11.3. The maximum absolute atomic E-state index is 12.9. The van der Waals surface area contributed by atoms with Gasteiger partial charge in [0, 0.05) is 19.5 Å². The van der Waals surface area contributed by atoms with Gasteiger partial charge in [0.1, 0.15) is 12.4 Å². The fourth-order valence-electron chi connectivity index (χ4n) is 4.42. The van der Waals surface area contributed by atoms with Crippen LogP contribution in [0.25, 0.3) is 11.1 Å². The molecule has 1 aromatic heterocycles. The Bertz CT molecular complexity index is 1220. The number of carboxylic acids is 1. The number of aromatic carboxylic acids is 1. The topological polar surface area (TPSA) is 109 Å². The summed E-state index contributed by atoms with van der Waals surface area (Å²) in [5.41, 5.74) is 3.64. The van der Waals surface area contributed by atoms with Gasteiger partial charge in [-0.25, -0.2) is 9.59 Å². The molecular formula is C27H28N2O6. The third kappa shape index (κ3) is 5.06. The van der Waals surface area contributed by atoms with E-state index < -0.39 is 17.5 Å². The van der Waals surface area contributed by atoms with Crippen molar-refractivity contribution >= 4 is 18.0 Å². The second-order valence-electron chi connectivity index (χ2n) is 9.30. The molecule has 4 rings (SSSR count). The van der Waals surface area contributed by atoms with E-state index in [-0.39, 0.29) is 37.3 Å². The number of hydrogen-bond acceptors (Lipinski definition) is 5. The standard InChI is InChI=1S/C27H28N2O6/c1-27(2,25(32)29(3)14-17-12-13-23(35-17)24(30)31)16-28-26(33)34-15-22-20-10-6-4-8-18(20)19-9-5-7-11-21(19)22/h4-13,22H,14-16H2,1-3H3,(H,28,33)(H,30,31). The summed E-state index contributed by atoms with van der Waals surface area (Å²) in [6, 6.07) is 19.1. The highest BCUT2D eigenvalue weighted by Crippen LogP contribution is 2.44. The average Bonchev–Trinajstić information content (AvgIpc) is 3.44. The lowest BCUT2D eigenvalue weighted by atomic mass is 9.91. The zero-order valence-electron chi connectivity index (χ0n) is 19.9. The third-order valence-corrected chi connectivity index (χ3v) is 6.21. The van der Waals surface area contributed by atoms with Gasteiger partial charge in [0.05, 0.1) is 12.0 Å².